The van der Waals surface area contributed by atoms with Crippen LogP contribution in [0.15, 0.2) is 35.3 Å². The first-order valence-corrected chi connectivity index (χ1v) is 12.0. The van der Waals surface area contributed by atoms with Gasteiger partial charge in [-0.15, -0.1) is 0 Å². The van der Waals surface area contributed by atoms with Crippen molar-refractivity contribution in [2.75, 3.05) is 11.5 Å². The highest BCUT2D eigenvalue weighted by molar-refractivity contribution is 8.15. The number of amides is 1. The molecule has 5 rings (SSSR count). The van der Waals surface area contributed by atoms with Crippen LogP contribution in [-0.2, 0) is 9.84 Å². The lowest BCUT2D eigenvalue weighted by atomic mass is 9.93. The van der Waals surface area contributed by atoms with Crippen molar-refractivity contribution in [1.82, 2.24) is 4.90 Å². The molecule has 2 bridgehead atoms. The standard InChI is InChI=1S/C19H22N2O3S2/c22-18(13-4-2-1-3-5-13)20-19-21(15-9-12-6-7-14(15)8-12)16-10-26(23,24)11-17(16)25-19/h1-5,12,14-17H,6-11H2/t12-,14-,15-,16+,17+/m1/s1. The third-order valence-electron chi connectivity index (χ3n) is 6.38. The molecule has 138 valence electrons. The largest absolute Gasteiger partial charge is 0.343 e. The highest BCUT2D eigenvalue weighted by atomic mass is 32.2. The smallest absolute Gasteiger partial charge is 0.279 e. The van der Waals surface area contributed by atoms with E-state index in [1.54, 1.807) is 12.1 Å². The minimum absolute atomic E-state index is 0.0152. The third-order valence-corrected chi connectivity index (χ3v) is 9.61. The van der Waals surface area contributed by atoms with Gasteiger partial charge >= 0.3 is 0 Å². The SMILES string of the molecule is O=C(N=C1S[C@H]2CS(=O)(=O)C[C@@H]2N1[C@@H]1C[C@@H]2CC[C@@H]1C2)c1ccccc1. The lowest BCUT2D eigenvalue weighted by Crippen LogP contribution is -2.47. The van der Waals surface area contributed by atoms with Crippen molar-refractivity contribution in [3.63, 3.8) is 0 Å². The maximum atomic E-state index is 12.6. The van der Waals surface area contributed by atoms with Crippen molar-refractivity contribution in [1.29, 1.82) is 0 Å². The molecule has 2 heterocycles. The zero-order chi connectivity index (χ0) is 17.9. The molecule has 26 heavy (non-hydrogen) atoms. The van der Waals surface area contributed by atoms with Gasteiger partial charge in [-0.1, -0.05) is 36.4 Å². The fourth-order valence-electron chi connectivity index (χ4n) is 5.26. The van der Waals surface area contributed by atoms with Gasteiger partial charge in [-0.25, -0.2) is 8.42 Å². The van der Waals surface area contributed by atoms with Crippen LogP contribution in [0, 0.1) is 11.8 Å². The number of rotatable bonds is 2. The average molecular weight is 391 g/mol. The zero-order valence-electron chi connectivity index (χ0n) is 14.5. The molecule has 2 saturated carbocycles. The summed E-state index contributed by atoms with van der Waals surface area (Å²) in [6.45, 7) is 0. The molecule has 7 heteroatoms. The Morgan fingerprint density at radius 1 is 1.08 bits per heavy atom. The van der Waals surface area contributed by atoms with Gasteiger partial charge in [0.25, 0.3) is 5.91 Å². The van der Waals surface area contributed by atoms with E-state index in [1.807, 2.05) is 18.2 Å². The molecular formula is C19H22N2O3S2. The van der Waals surface area contributed by atoms with Crippen LogP contribution < -0.4 is 0 Å². The van der Waals surface area contributed by atoms with E-state index in [0.717, 1.165) is 17.5 Å². The lowest BCUT2D eigenvalue weighted by Gasteiger charge is -2.36. The second-order valence-corrected chi connectivity index (χ2v) is 11.4. The second-order valence-electron chi connectivity index (χ2n) is 8.02. The molecule has 4 aliphatic rings. The molecule has 2 saturated heterocycles. The minimum atomic E-state index is -2.99. The summed E-state index contributed by atoms with van der Waals surface area (Å²) in [5.74, 6) is 1.57. The van der Waals surface area contributed by atoms with Gasteiger partial charge < -0.3 is 4.90 Å². The number of sulfone groups is 1. The van der Waals surface area contributed by atoms with E-state index in [9.17, 15) is 13.2 Å². The Balaban J connectivity index is 1.48. The number of aliphatic imine (C=N–C) groups is 1. The summed E-state index contributed by atoms with van der Waals surface area (Å²) in [7, 11) is -2.99. The van der Waals surface area contributed by atoms with E-state index in [0.29, 0.717) is 17.5 Å². The minimum Gasteiger partial charge on any atom is -0.343 e. The Morgan fingerprint density at radius 3 is 2.58 bits per heavy atom. The van der Waals surface area contributed by atoms with E-state index in [1.165, 1.54) is 31.0 Å². The summed E-state index contributed by atoms with van der Waals surface area (Å²) in [6.07, 6.45) is 4.88. The van der Waals surface area contributed by atoms with Gasteiger partial charge in [0.2, 0.25) is 0 Å². The molecule has 0 N–H and O–H groups in total. The molecule has 1 amide bonds. The van der Waals surface area contributed by atoms with E-state index in [2.05, 4.69) is 9.89 Å². The van der Waals surface area contributed by atoms with Crippen LogP contribution in [0.2, 0.25) is 0 Å². The lowest BCUT2D eigenvalue weighted by molar-refractivity contribution is 0.0999. The van der Waals surface area contributed by atoms with Crippen LogP contribution in [-0.4, -0.2) is 53.2 Å². The first kappa shape index (κ1) is 16.8. The molecule has 5 atom stereocenters. The zero-order valence-corrected chi connectivity index (χ0v) is 16.1. The van der Waals surface area contributed by atoms with Gasteiger partial charge in [-0.05, 0) is 43.2 Å². The van der Waals surface area contributed by atoms with Crippen LogP contribution in [0.4, 0.5) is 0 Å². The summed E-state index contributed by atoms with van der Waals surface area (Å²) in [6, 6.07) is 9.45. The number of thioether (sulfide) groups is 1. The number of hydrogen-bond acceptors (Lipinski definition) is 4. The van der Waals surface area contributed by atoms with Gasteiger partial charge in [0.05, 0.1) is 17.5 Å². The molecule has 0 aromatic heterocycles. The number of nitrogens with zero attached hydrogens (tertiary/aromatic N) is 2. The molecular weight excluding hydrogens is 368 g/mol. The molecule has 2 aliphatic carbocycles. The van der Waals surface area contributed by atoms with Gasteiger partial charge in [0, 0.05) is 16.9 Å². The molecule has 1 aromatic carbocycles. The van der Waals surface area contributed by atoms with E-state index < -0.39 is 9.84 Å². The summed E-state index contributed by atoms with van der Waals surface area (Å²) >= 11 is 1.50. The van der Waals surface area contributed by atoms with Crippen molar-refractivity contribution in [3.05, 3.63) is 35.9 Å². The highest BCUT2D eigenvalue weighted by Crippen LogP contribution is 2.51. The average Bonchev–Trinajstić information content (AvgIpc) is 3.35. The van der Waals surface area contributed by atoms with Gasteiger partial charge in [0.1, 0.15) is 0 Å². The summed E-state index contributed by atoms with van der Waals surface area (Å²) in [5, 5.41) is 0.766. The Morgan fingerprint density at radius 2 is 1.88 bits per heavy atom. The number of fused-ring (bicyclic) bond motifs is 3. The van der Waals surface area contributed by atoms with Gasteiger partial charge in [-0.2, -0.15) is 4.99 Å². The molecule has 0 spiro atoms. The quantitative estimate of drug-likeness (QED) is 0.776. The van der Waals surface area contributed by atoms with Crippen molar-refractivity contribution in [2.24, 2.45) is 16.8 Å². The number of benzene rings is 1. The number of hydrogen-bond donors (Lipinski definition) is 0. The number of carbonyl (C=O) groups excluding carboxylic acids is 1. The Kier molecular flexibility index (Phi) is 3.94. The van der Waals surface area contributed by atoms with E-state index in [-0.39, 0.29) is 28.7 Å². The first-order valence-electron chi connectivity index (χ1n) is 9.34. The van der Waals surface area contributed by atoms with Crippen LogP contribution in [0.3, 0.4) is 0 Å². The topological polar surface area (TPSA) is 66.8 Å². The predicted molar refractivity (Wildman–Crippen MR) is 103 cm³/mol. The predicted octanol–water partition coefficient (Wildman–Crippen LogP) is 2.59. The fourth-order valence-corrected chi connectivity index (χ4v) is 9.23. The van der Waals surface area contributed by atoms with Crippen molar-refractivity contribution in [3.8, 4) is 0 Å². The second kappa shape index (κ2) is 6.09. The van der Waals surface area contributed by atoms with E-state index in [4.69, 9.17) is 0 Å². The molecule has 0 radical (unpaired) electrons. The molecule has 1 aromatic rings. The maximum Gasteiger partial charge on any atom is 0.279 e. The first-order chi connectivity index (χ1) is 12.5. The van der Waals surface area contributed by atoms with Crippen LogP contribution in [0.1, 0.15) is 36.0 Å². The van der Waals surface area contributed by atoms with Crippen LogP contribution >= 0.6 is 11.8 Å². The number of carbonyl (C=O) groups is 1. The summed E-state index contributed by atoms with van der Waals surface area (Å²) < 4.78 is 24.3. The Bertz CT molecular complexity index is 868. The third kappa shape index (κ3) is 2.80. The number of amidine groups is 1. The van der Waals surface area contributed by atoms with Crippen molar-refractivity contribution in [2.45, 2.75) is 43.0 Å². The highest BCUT2D eigenvalue weighted by Gasteiger charge is 2.54. The molecule has 0 unspecified atom stereocenters. The Hall–Kier alpha value is -1.34. The summed E-state index contributed by atoms with van der Waals surface area (Å²) in [5.41, 5.74) is 0.582. The maximum absolute atomic E-state index is 12.6. The van der Waals surface area contributed by atoms with Crippen molar-refractivity contribution < 1.29 is 13.2 Å². The Labute approximate surface area is 158 Å². The van der Waals surface area contributed by atoms with Crippen LogP contribution in [0.25, 0.3) is 0 Å². The molecule has 5 nitrogen and oxygen atoms in total. The fraction of sp³-hybridized carbons (Fsp3) is 0.579. The normalized spacial score (nSPS) is 38.8. The summed E-state index contributed by atoms with van der Waals surface area (Å²) in [4.78, 5) is 19.3. The molecule has 4 fully saturated rings. The van der Waals surface area contributed by atoms with Crippen molar-refractivity contribution >= 4 is 32.7 Å². The molecule has 2 aliphatic heterocycles. The van der Waals surface area contributed by atoms with Crippen LogP contribution in [0.5, 0.6) is 0 Å². The van der Waals surface area contributed by atoms with Gasteiger partial charge in [0.15, 0.2) is 15.0 Å². The monoisotopic (exact) mass is 390 g/mol. The van der Waals surface area contributed by atoms with Gasteiger partial charge in [-0.3, -0.25) is 4.79 Å². The van der Waals surface area contributed by atoms with E-state index >= 15 is 0 Å².